The van der Waals surface area contributed by atoms with Crippen molar-refractivity contribution in [1.82, 2.24) is 0 Å². The molecule has 0 heterocycles. The van der Waals surface area contributed by atoms with E-state index in [-0.39, 0.29) is 11.5 Å². The molecule has 0 fully saturated rings. The van der Waals surface area contributed by atoms with E-state index in [1.807, 2.05) is 0 Å². The lowest BCUT2D eigenvalue weighted by atomic mass is 10.1. The standard InChI is InChI=1S/C7H11ClO2/c1-5(9)7(3-4-8)6(2)10/h9H,3-4H2,1-2H3/b7-5-. The second-order valence-corrected chi connectivity index (χ2v) is 2.44. The maximum absolute atomic E-state index is 10.7. The van der Waals surface area contributed by atoms with E-state index in [0.29, 0.717) is 17.9 Å². The zero-order valence-corrected chi connectivity index (χ0v) is 6.90. The molecule has 0 aliphatic rings. The average molecular weight is 163 g/mol. The molecule has 0 rings (SSSR count). The maximum Gasteiger partial charge on any atom is 0.159 e. The molecule has 0 aromatic rings. The van der Waals surface area contributed by atoms with E-state index in [2.05, 4.69) is 0 Å². The van der Waals surface area contributed by atoms with Crippen molar-refractivity contribution in [3.8, 4) is 0 Å². The minimum atomic E-state index is -0.111. The zero-order valence-electron chi connectivity index (χ0n) is 6.15. The quantitative estimate of drug-likeness (QED) is 0.392. The Labute approximate surface area is 65.5 Å². The molecule has 0 aliphatic heterocycles. The number of halogens is 1. The number of carbonyl (C=O) groups excluding carboxylic acids is 1. The molecule has 0 saturated heterocycles. The first kappa shape index (κ1) is 9.50. The van der Waals surface area contributed by atoms with Crippen molar-refractivity contribution in [2.45, 2.75) is 20.3 Å². The highest BCUT2D eigenvalue weighted by atomic mass is 35.5. The zero-order chi connectivity index (χ0) is 8.15. The van der Waals surface area contributed by atoms with Crippen molar-refractivity contribution in [1.29, 1.82) is 0 Å². The Balaban J connectivity index is 4.28. The van der Waals surface area contributed by atoms with Crippen molar-refractivity contribution in [2.24, 2.45) is 0 Å². The predicted molar refractivity (Wildman–Crippen MR) is 41.3 cm³/mol. The van der Waals surface area contributed by atoms with Gasteiger partial charge in [0.2, 0.25) is 0 Å². The summed E-state index contributed by atoms with van der Waals surface area (Å²) in [6.07, 6.45) is 0.444. The van der Waals surface area contributed by atoms with Crippen LogP contribution in [-0.4, -0.2) is 16.8 Å². The van der Waals surface area contributed by atoms with Crippen LogP contribution in [0.1, 0.15) is 20.3 Å². The van der Waals surface area contributed by atoms with Gasteiger partial charge in [-0.1, -0.05) is 0 Å². The minimum absolute atomic E-state index is 0.0770. The fourth-order valence-corrected chi connectivity index (χ4v) is 0.895. The Morgan fingerprint density at radius 1 is 1.50 bits per heavy atom. The van der Waals surface area contributed by atoms with Gasteiger partial charge in [0.15, 0.2) is 5.78 Å². The number of hydrogen-bond acceptors (Lipinski definition) is 2. The van der Waals surface area contributed by atoms with Crippen LogP contribution in [0.25, 0.3) is 0 Å². The molecule has 0 aliphatic carbocycles. The molecule has 10 heavy (non-hydrogen) atoms. The lowest BCUT2D eigenvalue weighted by Crippen LogP contribution is -2.00. The molecule has 0 radical (unpaired) electrons. The van der Waals surface area contributed by atoms with Gasteiger partial charge in [-0.15, -0.1) is 11.6 Å². The van der Waals surface area contributed by atoms with Gasteiger partial charge in [0, 0.05) is 11.5 Å². The number of aliphatic hydroxyl groups excluding tert-OH is 1. The minimum Gasteiger partial charge on any atom is -0.512 e. The van der Waals surface area contributed by atoms with Crippen LogP contribution in [0.15, 0.2) is 11.3 Å². The van der Waals surface area contributed by atoms with Crippen molar-refractivity contribution >= 4 is 17.4 Å². The predicted octanol–water partition coefficient (Wildman–Crippen LogP) is 2.04. The molecule has 58 valence electrons. The number of rotatable bonds is 3. The fourth-order valence-electron chi connectivity index (χ4n) is 0.706. The molecular weight excluding hydrogens is 152 g/mol. The lowest BCUT2D eigenvalue weighted by Gasteiger charge is -2.00. The van der Waals surface area contributed by atoms with Crippen LogP contribution in [0.5, 0.6) is 0 Å². The monoisotopic (exact) mass is 162 g/mol. The Morgan fingerprint density at radius 2 is 2.00 bits per heavy atom. The molecule has 0 saturated carbocycles. The first-order valence-electron chi connectivity index (χ1n) is 3.05. The van der Waals surface area contributed by atoms with Gasteiger partial charge in [-0.25, -0.2) is 0 Å². The summed E-state index contributed by atoms with van der Waals surface area (Å²) in [5, 5.41) is 8.91. The van der Waals surface area contributed by atoms with E-state index < -0.39 is 0 Å². The second-order valence-electron chi connectivity index (χ2n) is 2.06. The normalized spacial score (nSPS) is 12.7. The van der Waals surface area contributed by atoms with Crippen LogP contribution in [0.4, 0.5) is 0 Å². The smallest absolute Gasteiger partial charge is 0.159 e. The number of aliphatic hydroxyl groups is 1. The Morgan fingerprint density at radius 3 is 2.10 bits per heavy atom. The van der Waals surface area contributed by atoms with Crippen LogP contribution < -0.4 is 0 Å². The van der Waals surface area contributed by atoms with Gasteiger partial charge < -0.3 is 5.11 Å². The number of alkyl halides is 1. The highest BCUT2D eigenvalue weighted by Gasteiger charge is 2.05. The molecule has 0 unspecified atom stereocenters. The van der Waals surface area contributed by atoms with Gasteiger partial charge in [-0.3, -0.25) is 4.79 Å². The molecule has 0 bridgehead atoms. The van der Waals surface area contributed by atoms with Crippen molar-refractivity contribution in [3.05, 3.63) is 11.3 Å². The Hall–Kier alpha value is -0.500. The topological polar surface area (TPSA) is 37.3 Å². The number of hydrogen-bond donors (Lipinski definition) is 1. The molecular formula is C7H11ClO2. The summed E-state index contributed by atoms with van der Waals surface area (Å²) in [5.74, 6) is 0.334. The van der Waals surface area contributed by atoms with E-state index in [4.69, 9.17) is 16.7 Å². The number of allylic oxidation sites excluding steroid dienone is 2. The van der Waals surface area contributed by atoms with Crippen LogP contribution in [-0.2, 0) is 4.79 Å². The highest BCUT2D eigenvalue weighted by molar-refractivity contribution is 6.18. The van der Waals surface area contributed by atoms with Gasteiger partial charge in [-0.2, -0.15) is 0 Å². The number of ketones is 1. The molecule has 3 heteroatoms. The maximum atomic E-state index is 10.7. The fraction of sp³-hybridized carbons (Fsp3) is 0.571. The van der Waals surface area contributed by atoms with Crippen LogP contribution in [0.2, 0.25) is 0 Å². The van der Waals surface area contributed by atoms with E-state index in [1.54, 1.807) is 0 Å². The molecule has 0 aromatic carbocycles. The van der Waals surface area contributed by atoms with E-state index in [0.717, 1.165) is 0 Å². The summed E-state index contributed by atoms with van der Waals surface area (Å²) in [4.78, 5) is 10.7. The van der Waals surface area contributed by atoms with E-state index >= 15 is 0 Å². The van der Waals surface area contributed by atoms with E-state index in [9.17, 15) is 4.79 Å². The van der Waals surface area contributed by atoms with Gasteiger partial charge in [0.25, 0.3) is 0 Å². The van der Waals surface area contributed by atoms with Crippen molar-refractivity contribution in [2.75, 3.05) is 5.88 Å². The summed E-state index contributed by atoms with van der Waals surface area (Å²) in [7, 11) is 0. The van der Waals surface area contributed by atoms with Crippen molar-refractivity contribution in [3.63, 3.8) is 0 Å². The van der Waals surface area contributed by atoms with E-state index in [1.165, 1.54) is 13.8 Å². The first-order valence-corrected chi connectivity index (χ1v) is 3.58. The molecule has 0 amide bonds. The number of carbonyl (C=O) groups is 1. The third-order valence-corrected chi connectivity index (χ3v) is 1.40. The average Bonchev–Trinajstić information content (AvgIpc) is 1.81. The third-order valence-electron chi connectivity index (χ3n) is 1.21. The first-order chi connectivity index (χ1) is 4.59. The summed E-state index contributed by atoms with van der Waals surface area (Å²) < 4.78 is 0. The molecule has 0 spiro atoms. The lowest BCUT2D eigenvalue weighted by molar-refractivity contribution is -0.113. The number of Topliss-reactive ketones (excluding diaryl/α,β-unsaturated/α-hetero) is 1. The summed E-state index contributed by atoms with van der Waals surface area (Å²) in [6.45, 7) is 2.91. The van der Waals surface area contributed by atoms with Crippen LogP contribution in [0, 0.1) is 0 Å². The van der Waals surface area contributed by atoms with Gasteiger partial charge in [0.1, 0.15) is 0 Å². The molecule has 0 atom stereocenters. The highest BCUT2D eigenvalue weighted by Crippen LogP contribution is 2.08. The summed E-state index contributed by atoms with van der Waals surface area (Å²) in [5.41, 5.74) is 0.426. The molecule has 0 aromatic heterocycles. The Bertz CT molecular complexity index is 157. The Kier molecular flexibility index (Phi) is 4.12. The molecule has 1 N–H and O–H groups in total. The second kappa shape index (κ2) is 4.34. The van der Waals surface area contributed by atoms with Gasteiger partial charge in [0.05, 0.1) is 5.76 Å². The SMILES string of the molecule is CC(=O)/C(CCCl)=C(/C)O. The van der Waals surface area contributed by atoms with Crippen LogP contribution >= 0.6 is 11.6 Å². The largest absolute Gasteiger partial charge is 0.512 e. The van der Waals surface area contributed by atoms with Crippen LogP contribution in [0.3, 0.4) is 0 Å². The third kappa shape index (κ3) is 2.87. The summed E-state index contributed by atoms with van der Waals surface area (Å²) >= 11 is 5.39. The van der Waals surface area contributed by atoms with Gasteiger partial charge in [-0.05, 0) is 20.3 Å². The summed E-state index contributed by atoms with van der Waals surface area (Å²) in [6, 6.07) is 0. The van der Waals surface area contributed by atoms with Crippen molar-refractivity contribution < 1.29 is 9.90 Å². The van der Waals surface area contributed by atoms with Gasteiger partial charge >= 0.3 is 0 Å². The molecule has 2 nitrogen and oxygen atoms in total.